The van der Waals surface area contributed by atoms with Crippen LogP contribution in [0.5, 0.6) is 0 Å². The fourth-order valence-electron chi connectivity index (χ4n) is 3.34. The summed E-state index contributed by atoms with van der Waals surface area (Å²) in [5.74, 6) is 0.0864. The molecule has 2 aliphatic heterocycles. The summed E-state index contributed by atoms with van der Waals surface area (Å²) in [7, 11) is 0. The Hall–Kier alpha value is -1.88. The monoisotopic (exact) mass is 301 g/mol. The van der Waals surface area contributed by atoms with Crippen molar-refractivity contribution in [2.75, 3.05) is 31.1 Å². The van der Waals surface area contributed by atoms with Crippen LogP contribution in [0.3, 0.4) is 0 Å². The summed E-state index contributed by atoms with van der Waals surface area (Å²) in [5, 5.41) is 3.19. The van der Waals surface area contributed by atoms with E-state index in [0.29, 0.717) is 6.54 Å². The molecule has 0 aromatic heterocycles. The minimum absolute atomic E-state index is 0.0379. The predicted molar refractivity (Wildman–Crippen MR) is 85.8 cm³/mol. The second-order valence-electron chi connectivity index (χ2n) is 5.91. The van der Waals surface area contributed by atoms with E-state index in [2.05, 4.69) is 11.4 Å². The molecule has 1 N–H and O–H groups in total. The number of para-hydroxylation sites is 1. The van der Waals surface area contributed by atoms with Gasteiger partial charge in [-0.25, -0.2) is 0 Å². The molecule has 1 unspecified atom stereocenters. The number of fused-ring (bicyclic) bond motifs is 1. The number of hydrogen-bond acceptors (Lipinski definition) is 3. The summed E-state index contributed by atoms with van der Waals surface area (Å²) in [6, 6.07) is 7.68. The van der Waals surface area contributed by atoms with Crippen LogP contribution in [0.1, 0.15) is 25.3 Å². The number of aryl methyl sites for hydroxylation is 1. The smallest absolute Gasteiger partial charge is 0.240 e. The molecule has 118 valence electrons. The highest BCUT2D eigenvalue weighted by atomic mass is 16.2. The molecule has 1 aromatic rings. The molecule has 1 saturated heterocycles. The van der Waals surface area contributed by atoms with Gasteiger partial charge >= 0.3 is 0 Å². The number of nitrogens with one attached hydrogen (secondary N) is 1. The van der Waals surface area contributed by atoms with Crippen LogP contribution in [-0.4, -0.2) is 48.9 Å². The van der Waals surface area contributed by atoms with Crippen molar-refractivity contribution in [3.63, 3.8) is 0 Å². The largest absolute Gasteiger partial charge is 0.340 e. The molecule has 2 amide bonds. The van der Waals surface area contributed by atoms with Gasteiger partial charge in [-0.1, -0.05) is 18.2 Å². The fourth-order valence-corrected chi connectivity index (χ4v) is 3.34. The molecule has 22 heavy (non-hydrogen) atoms. The first kappa shape index (κ1) is 15.0. The molecule has 3 rings (SSSR count). The highest BCUT2D eigenvalue weighted by Gasteiger charge is 2.31. The Labute approximate surface area is 131 Å². The van der Waals surface area contributed by atoms with Crippen molar-refractivity contribution in [1.82, 2.24) is 10.2 Å². The number of rotatable bonds is 3. The lowest BCUT2D eigenvalue weighted by Crippen LogP contribution is -2.56. The molecule has 0 bridgehead atoms. The number of benzene rings is 1. The highest BCUT2D eigenvalue weighted by Crippen LogP contribution is 2.27. The van der Waals surface area contributed by atoms with E-state index in [1.165, 1.54) is 5.56 Å². The number of carbonyl (C=O) groups excluding carboxylic acids is 2. The van der Waals surface area contributed by atoms with Crippen LogP contribution in [-0.2, 0) is 16.0 Å². The molecule has 5 nitrogen and oxygen atoms in total. The molecule has 1 atom stereocenters. The van der Waals surface area contributed by atoms with Crippen LogP contribution < -0.4 is 10.2 Å². The zero-order valence-electron chi connectivity index (χ0n) is 13.0. The van der Waals surface area contributed by atoms with E-state index < -0.39 is 0 Å². The Morgan fingerprint density at radius 3 is 2.95 bits per heavy atom. The van der Waals surface area contributed by atoms with Crippen molar-refractivity contribution >= 4 is 17.5 Å². The van der Waals surface area contributed by atoms with Gasteiger partial charge in [-0.15, -0.1) is 0 Å². The highest BCUT2D eigenvalue weighted by molar-refractivity contribution is 5.98. The average molecular weight is 301 g/mol. The van der Waals surface area contributed by atoms with Gasteiger partial charge < -0.3 is 15.1 Å². The van der Waals surface area contributed by atoms with Crippen molar-refractivity contribution in [1.29, 1.82) is 0 Å². The first-order valence-corrected chi connectivity index (χ1v) is 8.11. The first-order valence-electron chi connectivity index (χ1n) is 8.11. The molecule has 1 fully saturated rings. The van der Waals surface area contributed by atoms with E-state index in [-0.39, 0.29) is 24.3 Å². The van der Waals surface area contributed by atoms with Crippen LogP contribution in [0.2, 0.25) is 0 Å². The van der Waals surface area contributed by atoms with E-state index >= 15 is 0 Å². The first-order chi connectivity index (χ1) is 10.7. The van der Waals surface area contributed by atoms with Gasteiger partial charge in [0.2, 0.25) is 11.8 Å². The maximum absolute atomic E-state index is 12.7. The van der Waals surface area contributed by atoms with Crippen LogP contribution >= 0.6 is 0 Å². The van der Waals surface area contributed by atoms with Gasteiger partial charge in [0.15, 0.2) is 0 Å². The van der Waals surface area contributed by atoms with E-state index in [1.54, 1.807) is 0 Å². The third-order valence-corrected chi connectivity index (χ3v) is 4.55. The summed E-state index contributed by atoms with van der Waals surface area (Å²) in [4.78, 5) is 28.7. The van der Waals surface area contributed by atoms with Gasteiger partial charge in [0.25, 0.3) is 0 Å². The molecule has 2 aliphatic rings. The van der Waals surface area contributed by atoms with Crippen LogP contribution in [0.15, 0.2) is 24.3 Å². The number of amides is 2. The van der Waals surface area contributed by atoms with E-state index in [9.17, 15) is 9.59 Å². The van der Waals surface area contributed by atoms with Crippen molar-refractivity contribution < 1.29 is 9.59 Å². The summed E-state index contributed by atoms with van der Waals surface area (Å²) < 4.78 is 0. The lowest BCUT2D eigenvalue weighted by atomic mass is 10.0. The second kappa shape index (κ2) is 6.48. The van der Waals surface area contributed by atoms with E-state index in [4.69, 9.17) is 0 Å². The molecule has 0 aliphatic carbocycles. The van der Waals surface area contributed by atoms with E-state index in [1.807, 2.05) is 34.9 Å². The molecule has 1 aromatic carbocycles. The van der Waals surface area contributed by atoms with Gasteiger partial charge in [0.05, 0.1) is 12.5 Å². The quantitative estimate of drug-likeness (QED) is 0.912. The lowest BCUT2D eigenvalue weighted by Gasteiger charge is -2.34. The van der Waals surface area contributed by atoms with Crippen molar-refractivity contribution in [2.45, 2.75) is 32.2 Å². The normalized spacial score (nSPS) is 21.7. The number of likely N-dealkylation sites (N-methyl/N-ethyl adjacent to an activating group) is 1. The lowest BCUT2D eigenvalue weighted by molar-refractivity contribution is -0.137. The van der Waals surface area contributed by atoms with Crippen LogP contribution in [0.25, 0.3) is 0 Å². The van der Waals surface area contributed by atoms with Crippen molar-refractivity contribution in [3.8, 4) is 0 Å². The minimum atomic E-state index is -0.379. The minimum Gasteiger partial charge on any atom is -0.340 e. The maximum Gasteiger partial charge on any atom is 0.240 e. The van der Waals surface area contributed by atoms with Gasteiger partial charge in [0, 0.05) is 31.9 Å². The Kier molecular flexibility index (Phi) is 4.43. The summed E-state index contributed by atoms with van der Waals surface area (Å²) in [6.07, 6.45) is 2.24. The molecule has 0 saturated carbocycles. The number of nitrogens with zero attached hydrogens (tertiary/aromatic N) is 2. The maximum atomic E-state index is 12.7. The standard InChI is InChI=1S/C17H23N3O2/c1-2-19-11-9-18-14(17(19)22)12-16(21)20-10-5-7-13-6-3-4-8-15(13)20/h3-4,6,8,14,18H,2,5,7,9-12H2,1H3. The SMILES string of the molecule is CCN1CCNC(CC(=O)N2CCCc3ccccc32)C1=O. The second-order valence-corrected chi connectivity index (χ2v) is 5.91. The predicted octanol–water partition coefficient (Wildman–Crippen LogP) is 1.18. The molecule has 5 heteroatoms. The molecule has 0 spiro atoms. The molecular formula is C17H23N3O2. The van der Waals surface area contributed by atoms with Gasteiger partial charge in [0.1, 0.15) is 0 Å². The molecule has 2 heterocycles. The average Bonchev–Trinajstić information content (AvgIpc) is 2.56. The number of hydrogen-bond donors (Lipinski definition) is 1. The van der Waals surface area contributed by atoms with Crippen LogP contribution in [0.4, 0.5) is 5.69 Å². The number of anilines is 1. The Balaban J connectivity index is 1.71. The Morgan fingerprint density at radius 2 is 2.14 bits per heavy atom. The summed E-state index contributed by atoms with van der Waals surface area (Å²) in [5.41, 5.74) is 2.23. The molecular weight excluding hydrogens is 278 g/mol. The number of piperazine rings is 1. The third-order valence-electron chi connectivity index (χ3n) is 4.55. The Morgan fingerprint density at radius 1 is 1.32 bits per heavy atom. The topological polar surface area (TPSA) is 52.7 Å². The van der Waals surface area contributed by atoms with Gasteiger partial charge in [-0.2, -0.15) is 0 Å². The molecule has 0 radical (unpaired) electrons. The van der Waals surface area contributed by atoms with Crippen molar-refractivity contribution in [3.05, 3.63) is 29.8 Å². The summed E-state index contributed by atoms with van der Waals surface area (Å²) >= 11 is 0. The number of carbonyl (C=O) groups is 2. The Bertz CT molecular complexity index is 573. The zero-order chi connectivity index (χ0) is 15.5. The van der Waals surface area contributed by atoms with Crippen molar-refractivity contribution in [2.24, 2.45) is 0 Å². The summed E-state index contributed by atoms with van der Waals surface area (Å²) in [6.45, 7) is 4.91. The van der Waals surface area contributed by atoms with Gasteiger partial charge in [-0.3, -0.25) is 9.59 Å². The zero-order valence-corrected chi connectivity index (χ0v) is 13.0. The third kappa shape index (κ3) is 2.86. The fraction of sp³-hybridized carbons (Fsp3) is 0.529. The van der Waals surface area contributed by atoms with Crippen LogP contribution in [0, 0.1) is 0 Å². The van der Waals surface area contributed by atoms with E-state index in [0.717, 1.165) is 38.2 Å². The van der Waals surface area contributed by atoms with Gasteiger partial charge in [-0.05, 0) is 31.4 Å².